The molecule has 0 spiro atoms. The highest BCUT2D eigenvalue weighted by Gasteiger charge is 2.17. The van der Waals surface area contributed by atoms with Crippen LogP contribution in [-0.2, 0) is 11.3 Å². The molecule has 2 rings (SSSR count). The van der Waals surface area contributed by atoms with Gasteiger partial charge in [-0.1, -0.05) is 6.92 Å². The Kier molecular flexibility index (Phi) is 6.07. The van der Waals surface area contributed by atoms with Crippen LogP contribution in [0.4, 0.5) is 0 Å². The summed E-state index contributed by atoms with van der Waals surface area (Å²) < 4.78 is 12.3. The molecule has 0 radical (unpaired) electrons. The topological polar surface area (TPSA) is 43.4 Å². The molecule has 1 saturated heterocycles. The standard InChI is InChI=1S/C14H21BrN2O2/c1-2-5-16-8-11-7-12(15)9-17-14(11)19-10-13-4-3-6-18-13/h7,9,13,16H,2-6,8,10H2,1H3. The normalized spacial score (nSPS) is 18.7. The smallest absolute Gasteiger partial charge is 0.217 e. The Bertz CT molecular complexity index is 395. The van der Waals surface area contributed by atoms with E-state index in [1.54, 1.807) is 6.20 Å². The molecule has 0 saturated carbocycles. The summed E-state index contributed by atoms with van der Waals surface area (Å²) >= 11 is 3.45. The van der Waals surface area contributed by atoms with Gasteiger partial charge in [0.1, 0.15) is 6.61 Å². The molecule has 1 fully saturated rings. The summed E-state index contributed by atoms with van der Waals surface area (Å²) in [5.74, 6) is 0.710. The minimum absolute atomic E-state index is 0.224. The van der Waals surface area contributed by atoms with E-state index in [1.807, 2.05) is 0 Å². The number of nitrogens with zero attached hydrogens (tertiary/aromatic N) is 1. The van der Waals surface area contributed by atoms with Gasteiger partial charge in [-0.05, 0) is 47.8 Å². The van der Waals surface area contributed by atoms with Gasteiger partial charge in [0.15, 0.2) is 0 Å². The second-order valence-electron chi connectivity index (χ2n) is 4.74. The van der Waals surface area contributed by atoms with Gasteiger partial charge in [-0.3, -0.25) is 0 Å². The van der Waals surface area contributed by atoms with Crippen molar-refractivity contribution < 1.29 is 9.47 Å². The lowest BCUT2D eigenvalue weighted by Crippen LogP contribution is -2.19. The number of ether oxygens (including phenoxy) is 2. The molecule has 0 aliphatic carbocycles. The number of pyridine rings is 1. The molecule has 1 aromatic heterocycles. The Morgan fingerprint density at radius 3 is 3.21 bits per heavy atom. The van der Waals surface area contributed by atoms with Gasteiger partial charge >= 0.3 is 0 Å². The van der Waals surface area contributed by atoms with Gasteiger partial charge < -0.3 is 14.8 Å². The molecule has 1 aromatic rings. The van der Waals surface area contributed by atoms with Crippen molar-refractivity contribution in [3.05, 3.63) is 22.3 Å². The molecule has 1 atom stereocenters. The third-order valence-electron chi connectivity index (χ3n) is 3.06. The van der Waals surface area contributed by atoms with Crippen LogP contribution in [0.25, 0.3) is 0 Å². The molecule has 0 aromatic carbocycles. The minimum atomic E-state index is 0.224. The van der Waals surface area contributed by atoms with Crippen LogP contribution in [0.3, 0.4) is 0 Å². The molecule has 0 amide bonds. The third kappa shape index (κ3) is 4.75. The van der Waals surface area contributed by atoms with Crippen LogP contribution in [-0.4, -0.2) is 30.8 Å². The second kappa shape index (κ2) is 7.82. The highest BCUT2D eigenvalue weighted by atomic mass is 79.9. The molecule has 5 heteroatoms. The molecule has 106 valence electrons. The summed E-state index contributed by atoms with van der Waals surface area (Å²) in [7, 11) is 0. The van der Waals surface area contributed by atoms with Crippen molar-refractivity contribution in [2.45, 2.75) is 38.8 Å². The van der Waals surface area contributed by atoms with Gasteiger partial charge in [0.25, 0.3) is 0 Å². The van der Waals surface area contributed by atoms with E-state index in [0.29, 0.717) is 12.5 Å². The van der Waals surface area contributed by atoms with Crippen LogP contribution >= 0.6 is 15.9 Å². The first kappa shape index (κ1) is 14.8. The SMILES string of the molecule is CCCNCc1cc(Br)cnc1OCC1CCCO1. The van der Waals surface area contributed by atoms with Crippen molar-refractivity contribution in [1.82, 2.24) is 10.3 Å². The quantitative estimate of drug-likeness (QED) is 0.781. The minimum Gasteiger partial charge on any atom is -0.475 e. The van der Waals surface area contributed by atoms with Gasteiger partial charge in [-0.15, -0.1) is 0 Å². The predicted molar refractivity (Wildman–Crippen MR) is 78.4 cm³/mol. The zero-order chi connectivity index (χ0) is 13.5. The third-order valence-corrected chi connectivity index (χ3v) is 3.50. The average molecular weight is 329 g/mol. The van der Waals surface area contributed by atoms with Crippen molar-refractivity contribution >= 4 is 15.9 Å². The molecule has 1 aliphatic rings. The van der Waals surface area contributed by atoms with Crippen LogP contribution in [0, 0.1) is 0 Å². The van der Waals surface area contributed by atoms with Crippen LogP contribution in [0.15, 0.2) is 16.7 Å². The van der Waals surface area contributed by atoms with Gasteiger partial charge in [0, 0.05) is 29.4 Å². The maximum atomic E-state index is 5.81. The van der Waals surface area contributed by atoms with Gasteiger partial charge in [-0.2, -0.15) is 0 Å². The molecule has 1 unspecified atom stereocenters. The van der Waals surface area contributed by atoms with Crippen LogP contribution < -0.4 is 10.1 Å². The van der Waals surface area contributed by atoms with Gasteiger partial charge in [0.2, 0.25) is 5.88 Å². The Balaban J connectivity index is 1.92. The lowest BCUT2D eigenvalue weighted by Gasteiger charge is -2.14. The maximum absolute atomic E-state index is 5.81. The van der Waals surface area contributed by atoms with E-state index >= 15 is 0 Å². The number of hydrogen-bond acceptors (Lipinski definition) is 4. The zero-order valence-electron chi connectivity index (χ0n) is 11.3. The Morgan fingerprint density at radius 1 is 1.58 bits per heavy atom. The summed E-state index contributed by atoms with van der Waals surface area (Å²) in [5, 5.41) is 3.37. The van der Waals surface area contributed by atoms with E-state index in [0.717, 1.165) is 49.0 Å². The molecule has 0 bridgehead atoms. The number of halogens is 1. The number of hydrogen-bond donors (Lipinski definition) is 1. The monoisotopic (exact) mass is 328 g/mol. The predicted octanol–water partition coefficient (Wildman–Crippen LogP) is 2.90. The van der Waals surface area contributed by atoms with Gasteiger partial charge in [-0.25, -0.2) is 4.98 Å². The number of aromatic nitrogens is 1. The zero-order valence-corrected chi connectivity index (χ0v) is 12.9. The van der Waals surface area contributed by atoms with Crippen molar-refractivity contribution in [3.63, 3.8) is 0 Å². The first-order valence-corrected chi connectivity index (χ1v) is 7.68. The molecule has 1 N–H and O–H groups in total. The average Bonchev–Trinajstić information content (AvgIpc) is 2.91. The summed E-state index contributed by atoms with van der Waals surface area (Å²) in [6.45, 7) is 5.38. The molecule has 4 nitrogen and oxygen atoms in total. The molecular weight excluding hydrogens is 308 g/mol. The van der Waals surface area contributed by atoms with E-state index in [-0.39, 0.29) is 6.10 Å². The van der Waals surface area contributed by atoms with E-state index in [2.05, 4.69) is 39.2 Å². The van der Waals surface area contributed by atoms with E-state index in [4.69, 9.17) is 9.47 Å². The summed E-state index contributed by atoms with van der Waals surface area (Å²) in [6, 6.07) is 2.06. The van der Waals surface area contributed by atoms with Crippen LogP contribution in [0.5, 0.6) is 5.88 Å². The Hall–Kier alpha value is -0.650. The van der Waals surface area contributed by atoms with E-state index < -0.39 is 0 Å². The van der Waals surface area contributed by atoms with Crippen molar-refractivity contribution in [2.24, 2.45) is 0 Å². The van der Waals surface area contributed by atoms with E-state index in [1.165, 1.54) is 0 Å². The first-order chi connectivity index (χ1) is 9.29. The second-order valence-corrected chi connectivity index (χ2v) is 5.66. The Morgan fingerprint density at radius 2 is 2.47 bits per heavy atom. The molecular formula is C14H21BrN2O2. The fraction of sp³-hybridized carbons (Fsp3) is 0.643. The summed E-state index contributed by atoms with van der Waals surface area (Å²) in [6.07, 6.45) is 5.33. The maximum Gasteiger partial charge on any atom is 0.217 e. The highest BCUT2D eigenvalue weighted by molar-refractivity contribution is 9.10. The summed E-state index contributed by atoms with van der Waals surface area (Å²) in [5.41, 5.74) is 1.08. The lowest BCUT2D eigenvalue weighted by atomic mass is 10.2. The fourth-order valence-corrected chi connectivity index (χ4v) is 2.45. The van der Waals surface area contributed by atoms with Gasteiger partial charge in [0.05, 0.1) is 6.10 Å². The van der Waals surface area contributed by atoms with Crippen molar-refractivity contribution in [1.29, 1.82) is 0 Å². The number of rotatable bonds is 7. The summed E-state index contributed by atoms with van der Waals surface area (Å²) in [4.78, 5) is 4.35. The first-order valence-electron chi connectivity index (χ1n) is 6.89. The highest BCUT2D eigenvalue weighted by Crippen LogP contribution is 2.21. The molecule has 19 heavy (non-hydrogen) atoms. The molecule has 1 aliphatic heterocycles. The van der Waals surface area contributed by atoms with Crippen molar-refractivity contribution in [3.8, 4) is 5.88 Å². The lowest BCUT2D eigenvalue weighted by molar-refractivity contribution is 0.0659. The number of nitrogens with one attached hydrogen (secondary N) is 1. The fourth-order valence-electron chi connectivity index (χ4n) is 2.07. The van der Waals surface area contributed by atoms with Crippen LogP contribution in [0.1, 0.15) is 31.7 Å². The Labute approximate surface area is 123 Å². The van der Waals surface area contributed by atoms with Crippen LogP contribution in [0.2, 0.25) is 0 Å². The van der Waals surface area contributed by atoms with E-state index in [9.17, 15) is 0 Å². The largest absolute Gasteiger partial charge is 0.475 e. The molecule has 2 heterocycles. The van der Waals surface area contributed by atoms with Crippen molar-refractivity contribution in [2.75, 3.05) is 19.8 Å².